The van der Waals surface area contributed by atoms with Crippen LogP contribution in [0.1, 0.15) is 62.5 Å². The number of carbonyl (C=O) groups excluding carboxylic acids is 1. The second kappa shape index (κ2) is 15.6. The van der Waals surface area contributed by atoms with Gasteiger partial charge in [0.25, 0.3) is 0 Å². The summed E-state index contributed by atoms with van der Waals surface area (Å²) in [4.78, 5) is 31.7. The minimum absolute atomic E-state index is 0.330. The first-order valence-corrected chi connectivity index (χ1v) is 15.7. The Morgan fingerprint density at radius 2 is 1.00 bits per heavy atom. The van der Waals surface area contributed by atoms with Gasteiger partial charge in [-0.25, -0.2) is 19.9 Å². The number of carbonyl (C=O) groups is 1. The summed E-state index contributed by atoms with van der Waals surface area (Å²) in [5.74, 6) is 0. The van der Waals surface area contributed by atoms with Crippen molar-refractivity contribution < 1.29 is 4.79 Å². The third-order valence-electron chi connectivity index (χ3n) is 9.71. The summed E-state index contributed by atoms with van der Waals surface area (Å²) in [6, 6.07) is 0. The number of likely N-dealkylation sites (tertiary alicyclic amines) is 3. The van der Waals surface area contributed by atoms with E-state index in [1.54, 1.807) is 0 Å². The zero-order chi connectivity index (χ0) is 29.1. The summed E-state index contributed by atoms with van der Waals surface area (Å²) >= 11 is 11.4. The van der Waals surface area contributed by atoms with Gasteiger partial charge < -0.3 is 15.0 Å². The molecule has 4 aliphatic heterocycles. The standard InChI is InChI=1S/C15H23ClN4.C14H21ClN4.CH2O/c1-19-6-2-15(3-7-19)4-8-20(9-5-15)12-13-10-17-14(16)18-11-13;15-13-17-9-12(10-18-13)11-19-7-3-14(4-8-19)1-5-16-6-2-14;1-2/h10-11H,2-9,12H2,1H3;9-10,16H,1-8,11H2;1H2. The molecule has 0 unspecified atom stereocenters. The number of hydrogen-bond donors (Lipinski definition) is 1. The Hall–Kier alpha value is -1.75. The molecular weight excluding hydrogens is 559 g/mol. The molecule has 6 rings (SSSR count). The fourth-order valence-corrected chi connectivity index (χ4v) is 6.97. The van der Waals surface area contributed by atoms with Crippen LogP contribution in [0.3, 0.4) is 0 Å². The van der Waals surface area contributed by atoms with Crippen LogP contribution in [0.5, 0.6) is 0 Å². The topological polar surface area (TPSA) is 90.4 Å². The number of piperidine rings is 4. The number of rotatable bonds is 4. The average molecular weight is 606 g/mol. The lowest BCUT2D eigenvalue weighted by Gasteiger charge is -2.46. The first-order valence-electron chi connectivity index (χ1n) is 15.0. The van der Waals surface area contributed by atoms with Crippen molar-refractivity contribution in [1.29, 1.82) is 0 Å². The maximum atomic E-state index is 8.00. The molecule has 0 aliphatic carbocycles. The minimum atomic E-state index is 0.330. The number of hydrogen-bond acceptors (Lipinski definition) is 9. The molecule has 0 radical (unpaired) electrons. The van der Waals surface area contributed by atoms with Crippen LogP contribution in [-0.4, -0.2) is 101 Å². The average Bonchev–Trinajstić information content (AvgIpc) is 3.01. The van der Waals surface area contributed by atoms with Crippen molar-refractivity contribution in [2.24, 2.45) is 10.8 Å². The first-order chi connectivity index (χ1) is 19.9. The van der Waals surface area contributed by atoms with Crippen molar-refractivity contribution in [3.8, 4) is 0 Å². The van der Waals surface area contributed by atoms with E-state index in [1.165, 1.54) is 104 Å². The summed E-state index contributed by atoms with van der Waals surface area (Å²) in [5.41, 5.74) is 3.57. The predicted molar refractivity (Wildman–Crippen MR) is 164 cm³/mol. The van der Waals surface area contributed by atoms with E-state index in [1.807, 2.05) is 31.6 Å². The SMILES string of the molecule is C=O.CN1CCC2(CC1)CCN(Cc1cnc(Cl)nc1)CC2.Clc1ncc(CN2CCC3(CCNCC3)CC2)cn1. The fraction of sp³-hybridized carbons (Fsp3) is 0.700. The van der Waals surface area contributed by atoms with Crippen molar-refractivity contribution in [1.82, 2.24) is 40.0 Å². The zero-order valence-corrected chi connectivity index (χ0v) is 26.1. The normalized spacial score (nSPS) is 22.8. The maximum Gasteiger partial charge on any atom is 0.222 e. The van der Waals surface area contributed by atoms with Crippen LogP contribution in [0.4, 0.5) is 0 Å². The van der Waals surface area contributed by atoms with Gasteiger partial charge in [-0.05, 0) is 145 Å². The van der Waals surface area contributed by atoms with Gasteiger partial charge >= 0.3 is 0 Å². The molecule has 2 spiro atoms. The maximum absolute atomic E-state index is 8.00. The number of nitrogens with one attached hydrogen (secondary N) is 1. The van der Waals surface area contributed by atoms with Gasteiger partial charge in [0.15, 0.2) is 0 Å². The summed E-state index contributed by atoms with van der Waals surface area (Å²) < 4.78 is 0. The molecule has 0 atom stereocenters. The highest BCUT2D eigenvalue weighted by Crippen LogP contribution is 2.41. The van der Waals surface area contributed by atoms with Gasteiger partial charge in [0.1, 0.15) is 6.79 Å². The Balaban J connectivity index is 0.000000178. The summed E-state index contributed by atoms with van der Waals surface area (Å²) in [6.07, 6.45) is 18.2. The van der Waals surface area contributed by atoms with Gasteiger partial charge in [0.05, 0.1) is 0 Å². The number of aromatic nitrogens is 4. The molecule has 2 aromatic rings. The molecule has 0 saturated carbocycles. The van der Waals surface area contributed by atoms with Crippen molar-refractivity contribution >= 4 is 30.0 Å². The van der Waals surface area contributed by atoms with Crippen molar-refractivity contribution in [3.05, 3.63) is 46.5 Å². The molecule has 0 amide bonds. The van der Waals surface area contributed by atoms with E-state index >= 15 is 0 Å². The Morgan fingerprint density at radius 1 is 0.659 bits per heavy atom. The van der Waals surface area contributed by atoms with Gasteiger partial charge in [0, 0.05) is 49.0 Å². The van der Waals surface area contributed by atoms with E-state index in [2.05, 4.69) is 47.0 Å². The van der Waals surface area contributed by atoms with Crippen LogP contribution in [-0.2, 0) is 17.9 Å². The lowest BCUT2D eigenvalue weighted by Crippen LogP contribution is -2.45. The van der Waals surface area contributed by atoms with E-state index in [4.69, 9.17) is 28.0 Å². The minimum Gasteiger partial charge on any atom is -0.317 e. The van der Waals surface area contributed by atoms with Crippen LogP contribution >= 0.6 is 23.2 Å². The Kier molecular flexibility index (Phi) is 12.3. The highest BCUT2D eigenvalue weighted by Gasteiger charge is 2.37. The lowest BCUT2D eigenvalue weighted by molar-refractivity contribution is -0.0980. The number of nitrogens with zero attached hydrogens (tertiary/aromatic N) is 7. The van der Waals surface area contributed by atoms with Crippen LogP contribution in [0.2, 0.25) is 10.6 Å². The van der Waals surface area contributed by atoms with E-state index in [0.717, 1.165) is 24.2 Å². The fourth-order valence-electron chi connectivity index (χ4n) is 6.78. The number of halogens is 2. The molecule has 2 aromatic heterocycles. The first kappa shape index (κ1) is 32.2. The largest absolute Gasteiger partial charge is 0.317 e. The third kappa shape index (κ3) is 9.63. The highest BCUT2D eigenvalue weighted by molar-refractivity contribution is 6.28. The molecule has 0 bridgehead atoms. The molecule has 1 N–H and O–H groups in total. The molecule has 4 aliphatic rings. The van der Waals surface area contributed by atoms with Crippen molar-refractivity contribution in [2.45, 2.75) is 64.5 Å². The van der Waals surface area contributed by atoms with Gasteiger partial charge in [-0.1, -0.05) is 0 Å². The van der Waals surface area contributed by atoms with E-state index < -0.39 is 0 Å². The second-order valence-electron chi connectivity index (χ2n) is 12.3. The Labute approximate surface area is 255 Å². The van der Waals surface area contributed by atoms with Gasteiger partial charge in [-0.15, -0.1) is 0 Å². The van der Waals surface area contributed by atoms with Crippen LogP contribution in [0.25, 0.3) is 0 Å². The van der Waals surface area contributed by atoms with Crippen LogP contribution in [0.15, 0.2) is 24.8 Å². The van der Waals surface area contributed by atoms with Crippen molar-refractivity contribution in [2.75, 3.05) is 59.4 Å². The molecule has 4 fully saturated rings. The summed E-state index contributed by atoms with van der Waals surface area (Å²) in [5, 5.41) is 4.13. The Bertz CT molecular complexity index is 1020. The highest BCUT2D eigenvalue weighted by atomic mass is 35.5. The molecule has 4 saturated heterocycles. The van der Waals surface area contributed by atoms with E-state index in [0.29, 0.717) is 21.4 Å². The third-order valence-corrected chi connectivity index (χ3v) is 10.1. The van der Waals surface area contributed by atoms with E-state index in [9.17, 15) is 0 Å². The lowest BCUT2D eigenvalue weighted by atomic mass is 9.71. The molecule has 9 nitrogen and oxygen atoms in total. The monoisotopic (exact) mass is 604 g/mol. The Morgan fingerprint density at radius 3 is 1.39 bits per heavy atom. The van der Waals surface area contributed by atoms with Gasteiger partial charge in [0.2, 0.25) is 10.6 Å². The summed E-state index contributed by atoms with van der Waals surface area (Å²) in [6.45, 7) is 13.6. The van der Waals surface area contributed by atoms with Crippen LogP contribution < -0.4 is 5.32 Å². The van der Waals surface area contributed by atoms with Gasteiger partial charge in [-0.3, -0.25) is 9.80 Å². The summed E-state index contributed by atoms with van der Waals surface area (Å²) in [7, 11) is 2.24. The predicted octanol–water partition coefficient (Wildman–Crippen LogP) is 4.35. The molecule has 41 heavy (non-hydrogen) atoms. The second-order valence-corrected chi connectivity index (χ2v) is 13.0. The zero-order valence-electron chi connectivity index (χ0n) is 24.5. The van der Waals surface area contributed by atoms with E-state index in [-0.39, 0.29) is 0 Å². The van der Waals surface area contributed by atoms with Crippen molar-refractivity contribution in [3.63, 3.8) is 0 Å². The van der Waals surface area contributed by atoms with Crippen LogP contribution in [0, 0.1) is 10.8 Å². The molecule has 6 heterocycles. The quantitative estimate of drug-likeness (QED) is 0.511. The molecule has 226 valence electrons. The smallest absolute Gasteiger partial charge is 0.222 e. The van der Waals surface area contributed by atoms with Gasteiger partial charge in [-0.2, -0.15) is 0 Å². The molecular formula is C30H46Cl2N8O. The molecule has 0 aromatic carbocycles. The molecule has 11 heteroatoms.